The zero-order valence-corrected chi connectivity index (χ0v) is 10.4. The number of hydrogen-bond acceptors (Lipinski definition) is 2. The lowest BCUT2D eigenvalue weighted by atomic mass is 9.98. The molecule has 0 amide bonds. The van der Waals surface area contributed by atoms with E-state index in [2.05, 4.69) is 42.6 Å². The Morgan fingerprint density at radius 3 is 2.62 bits per heavy atom. The molecule has 1 aromatic carbocycles. The van der Waals surface area contributed by atoms with E-state index in [-0.39, 0.29) is 0 Å². The van der Waals surface area contributed by atoms with Crippen LogP contribution in [0.5, 0.6) is 0 Å². The van der Waals surface area contributed by atoms with E-state index in [4.69, 9.17) is 4.74 Å². The van der Waals surface area contributed by atoms with E-state index < -0.39 is 0 Å². The van der Waals surface area contributed by atoms with Gasteiger partial charge in [0.2, 0.25) is 0 Å². The quantitative estimate of drug-likeness (QED) is 0.682. The minimum Gasteiger partial charge on any atom is -0.385 e. The third-order valence-electron chi connectivity index (χ3n) is 2.82. The van der Waals surface area contributed by atoms with Gasteiger partial charge in [0.25, 0.3) is 0 Å². The maximum absolute atomic E-state index is 5.00. The highest BCUT2D eigenvalue weighted by molar-refractivity contribution is 5.18. The number of ether oxygens (including phenoxy) is 1. The summed E-state index contributed by atoms with van der Waals surface area (Å²) in [7, 11) is 1.75. The van der Waals surface area contributed by atoms with Crippen molar-refractivity contribution in [1.29, 1.82) is 0 Å². The first-order chi connectivity index (χ1) is 7.84. The molecule has 2 heteroatoms. The molecule has 0 bridgehead atoms. The molecule has 1 unspecified atom stereocenters. The van der Waals surface area contributed by atoms with Crippen LogP contribution < -0.4 is 5.32 Å². The largest absolute Gasteiger partial charge is 0.385 e. The molecule has 0 saturated carbocycles. The lowest BCUT2D eigenvalue weighted by Crippen LogP contribution is -2.19. The van der Waals surface area contributed by atoms with Crippen molar-refractivity contribution in [1.82, 2.24) is 5.32 Å². The van der Waals surface area contributed by atoms with E-state index in [1.807, 2.05) is 0 Å². The van der Waals surface area contributed by atoms with Crippen LogP contribution in [0.25, 0.3) is 0 Å². The average molecular weight is 221 g/mol. The molecule has 0 aliphatic carbocycles. The predicted octanol–water partition coefficient (Wildman–Crippen LogP) is 2.81. The van der Waals surface area contributed by atoms with Gasteiger partial charge in [-0.25, -0.2) is 0 Å². The Kier molecular flexibility index (Phi) is 6.86. The Morgan fingerprint density at radius 1 is 1.19 bits per heavy atom. The lowest BCUT2D eigenvalue weighted by molar-refractivity contribution is 0.194. The first-order valence-electron chi connectivity index (χ1n) is 6.09. The lowest BCUT2D eigenvalue weighted by Gasteiger charge is -2.12. The topological polar surface area (TPSA) is 21.3 Å². The van der Waals surface area contributed by atoms with Crippen molar-refractivity contribution in [3.63, 3.8) is 0 Å². The number of methoxy groups -OCH3 is 1. The Hall–Kier alpha value is -0.860. The van der Waals surface area contributed by atoms with Crippen molar-refractivity contribution in [2.45, 2.75) is 25.7 Å². The maximum Gasteiger partial charge on any atom is 0.0474 e. The normalized spacial score (nSPS) is 12.6. The van der Waals surface area contributed by atoms with Crippen LogP contribution in [0.15, 0.2) is 30.3 Å². The van der Waals surface area contributed by atoms with Crippen molar-refractivity contribution in [2.75, 3.05) is 26.8 Å². The van der Waals surface area contributed by atoms with Gasteiger partial charge in [-0.3, -0.25) is 0 Å². The molecule has 0 aliphatic rings. The van der Waals surface area contributed by atoms with E-state index in [0.717, 1.165) is 26.1 Å². The van der Waals surface area contributed by atoms with Crippen molar-refractivity contribution < 1.29 is 4.74 Å². The highest BCUT2D eigenvalue weighted by Crippen LogP contribution is 2.17. The van der Waals surface area contributed by atoms with Crippen LogP contribution in [0.2, 0.25) is 0 Å². The Labute approximate surface area is 99.0 Å². The van der Waals surface area contributed by atoms with Gasteiger partial charge in [-0.2, -0.15) is 0 Å². The fourth-order valence-corrected chi connectivity index (χ4v) is 1.73. The zero-order chi connectivity index (χ0) is 11.6. The Morgan fingerprint density at radius 2 is 1.94 bits per heavy atom. The van der Waals surface area contributed by atoms with Gasteiger partial charge in [0, 0.05) is 13.7 Å². The van der Waals surface area contributed by atoms with Gasteiger partial charge in [-0.05, 0) is 37.4 Å². The second-order valence-electron chi connectivity index (χ2n) is 4.20. The summed E-state index contributed by atoms with van der Waals surface area (Å²) in [6.07, 6.45) is 2.28. The maximum atomic E-state index is 5.00. The molecule has 0 aromatic heterocycles. The van der Waals surface area contributed by atoms with Crippen LogP contribution in [0.1, 0.15) is 31.2 Å². The molecule has 0 fully saturated rings. The van der Waals surface area contributed by atoms with Gasteiger partial charge in [-0.15, -0.1) is 0 Å². The van der Waals surface area contributed by atoms with Crippen LogP contribution in [0.4, 0.5) is 0 Å². The summed E-state index contributed by atoms with van der Waals surface area (Å²) in [5, 5.41) is 3.44. The molecule has 0 spiro atoms. The summed E-state index contributed by atoms with van der Waals surface area (Å²) in [5.74, 6) is 0.635. The average Bonchev–Trinajstić information content (AvgIpc) is 2.34. The minimum absolute atomic E-state index is 0.635. The summed E-state index contributed by atoms with van der Waals surface area (Å²) in [5.41, 5.74) is 1.43. The van der Waals surface area contributed by atoms with E-state index >= 15 is 0 Å². The smallest absolute Gasteiger partial charge is 0.0474 e. The van der Waals surface area contributed by atoms with Crippen LogP contribution in [-0.2, 0) is 4.74 Å². The monoisotopic (exact) mass is 221 g/mol. The highest BCUT2D eigenvalue weighted by Gasteiger charge is 2.03. The fraction of sp³-hybridized carbons (Fsp3) is 0.571. The molecule has 1 rings (SSSR count). The molecule has 0 aliphatic heterocycles. The van der Waals surface area contributed by atoms with E-state index in [1.165, 1.54) is 12.0 Å². The van der Waals surface area contributed by atoms with Crippen molar-refractivity contribution in [3.8, 4) is 0 Å². The van der Waals surface area contributed by atoms with Gasteiger partial charge < -0.3 is 10.1 Å². The molecule has 2 nitrogen and oxygen atoms in total. The van der Waals surface area contributed by atoms with Gasteiger partial charge in [0.15, 0.2) is 0 Å². The van der Waals surface area contributed by atoms with E-state index in [0.29, 0.717) is 5.92 Å². The van der Waals surface area contributed by atoms with Gasteiger partial charge in [0.1, 0.15) is 0 Å². The van der Waals surface area contributed by atoms with Crippen molar-refractivity contribution >= 4 is 0 Å². The molecule has 0 radical (unpaired) electrons. The standard InChI is InChI=1S/C14H23NO/c1-13(14-7-4-3-5-8-14)9-11-15-10-6-12-16-2/h3-5,7-8,13,15H,6,9-12H2,1-2H3. The molecule has 1 atom stereocenters. The number of hydrogen-bond donors (Lipinski definition) is 1. The molecule has 0 saturated heterocycles. The predicted molar refractivity (Wildman–Crippen MR) is 68.8 cm³/mol. The molecule has 1 aromatic rings. The highest BCUT2D eigenvalue weighted by atomic mass is 16.5. The molecular formula is C14H23NO. The minimum atomic E-state index is 0.635. The molecule has 16 heavy (non-hydrogen) atoms. The molecule has 0 heterocycles. The first kappa shape index (κ1) is 13.2. The SMILES string of the molecule is COCCCNCCC(C)c1ccccc1. The van der Waals surface area contributed by atoms with Gasteiger partial charge in [0.05, 0.1) is 0 Å². The first-order valence-corrected chi connectivity index (χ1v) is 6.09. The number of rotatable bonds is 8. The third-order valence-corrected chi connectivity index (χ3v) is 2.82. The van der Waals surface area contributed by atoms with Gasteiger partial charge in [-0.1, -0.05) is 37.3 Å². The van der Waals surface area contributed by atoms with Crippen molar-refractivity contribution in [2.24, 2.45) is 0 Å². The summed E-state index contributed by atoms with van der Waals surface area (Å²) in [6, 6.07) is 10.7. The number of nitrogens with one attached hydrogen (secondary N) is 1. The molecule has 1 N–H and O–H groups in total. The fourth-order valence-electron chi connectivity index (χ4n) is 1.73. The Bertz CT molecular complexity index is 261. The third kappa shape index (κ3) is 5.29. The molecular weight excluding hydrogens is 198 g/mol. The summed E-state index contributed by atoms with van der Waals surface area (Å²) in [4.78, 5) is 0. The summed E-state index contributed by atoms with van der Waals surface area (Å²) in [6.45, 7) is 5.27. The van der Waals surface area contributed by atoms with E-state index in [9.17, 15) is 0 Å². The Balaban J connectivity index is 2.09. The van der Waals surface area contributed by atoms with Crippen LogP contribution in [-0.4, -0.2) is 26.8 Å². The zero-order valence-electron chi connectivity index (χ0n) is 10.4. The van der Waals surface area contributed by atoms with Gasteiger partial charge >= 0.3 is 0 Å². The second-order valence-corrected chi connectivity index (χ2v) is 4.20. The summed E-state index contributed by atoms with van der Waals surface area (Å²) >= 11 is 0. The van der Waals surface area contributed by atoms with Crippen molar-refractivity contribution in [3.05, 3.63) is 35.9 Å². The van der Waals surface area contributed by atoms with Crippen LogP contribution in [0.3, 0.4) is 0 Å². The second kappa shape index (κ2) is 8.31. The molecule has 90 valence electrons. The van der Waals surface area contributed by atoms with Crippen LogP contribution in [0, 0.1) is 0 Å². The van der Waals surface area contributed by atoms with Crippen LogP contribution >= 0.6 is 0 Å². The van der Waals surface area contributed by atoms with E-state index in [1.54, 1.807) is 7.11 Å². The summed E-state index contributed by atoms with van der Waals surface area (Å²) < 4.78 is 5.00. The number of benzene rings is 1.